The summed E-state index contributed by atoms with van der Waals surface area (Å²) >= 11 is 3.20. The molecule has 0 spiro atoms. The summed E-state index contributed by atoms with van der Waals surface area (Å²) in [5.74, 6) is 0.117. The van der Waals surface area contributed by atoms with Gasteiger partial charge >= 0.3 is 6.55 Å². The van der Waals surface area contributed by atoms with Crippen LogP contribution < -0.4 is 4.90 Å². The first-order chi connectivity index (χ1) is 13.9. The third-order valence-electron chi connectivity index (χ3n) is 4.85. The van der Waals surface area contributed by atoms with Crippen LogP contribution in [0.1, 0.15) is 13.5 Å². The minimum atomic E-state index is -3.81. The molecule has 1 saturated heterocycles. The van der Waals surface area contributed by atoms with E-state index >= 15 is 0 Å². The highest BCUT2D eigenvalue weighted by atomic mass is 79.9. The molecular formula is C16H19BrF2N6O4S. The van der Waals surface area contributed by atoms with Gasteiger partial charge in [-0.15, -0.1) is 0 Å². The average molecular weight is 509 g/mol. The highest BCUT2D eigenvalue weighted by Gasteiger charge is 2.33. The van der Waals surface area contributed by atoms with Gasteiger partial charge in [0.05, 0.1) is 25.1 Å². The molecule has 1 atom stereocenters. The quantitative estimate of drug-likeness (QED) is 0.528. The summed E-state index contributed by atoms with van der Waals surface area (Å²) in [5.41, 5.74) is -0.706. The number of aliphatic hydroxyl groups is 1. The van der Waals surface area contributed by atoms with Gasteiger partial charge in [0.1, 0.15) is 28.1 Å². The lowest BCUT2D eigenvalue weighted by Gasteiger charge is -2.28. The zero-order chi connectivity index (χ0) is 22.0. The van der Waals surface area contributed by atoms with Crippen LogP contribution in [-0.4, -0.2) is 76.0 Å². The lowest BCUT2D eigenvalue weighted by atomic mass is 10.1. The summed E-state index contributed by atoms with van der Waals surface area (Å²) < 4.78 is 59.6. The Balaban J connectivity index is 2.13. The molecule has 4 heterocycles. The fourth-order valence-electron chi connectivity index (χ4n) is 3.63. The van der Waals surface area contributed by atoms with E-state index in [1.165, 1.54) is 4.57 Å². The Morgan fingerprint density at radius 3 is 2.63 bits per heavy atom. The highest BCUT2D eigenvalue weighted by Crippen LogP contribution is 2.39. The smallest absolute Gasteiger partial charge is 0.333 e. The number of sulfone groups is 1. The molecular weight excluding hydrogens is 490 g/mol. The molecule has 0 radical (unpaired) electrons. The second-order valence-corrected chi connectivity index (χ2v) is 10.2. The van der Waals surface area contributed by atoms with E-state index in [-0.39, 0.29) is 53.3 Å². The van der Waals surface area contributed by atoms with E-state index in [0.29, 0.717) is 10.2 Å². The number of aryl methyl sites for hydroxylation is 1. The number of aromatic nitrogens is 5. The predicted octanol–water partition coefficient (Wildman–Crippen LogP) is 1.47. The number of alkyl halides is 2. The molecule has 1 aliphatic rings. The van der Waals surface area contributed by atoms with Crippen molar-refractivity contribution in [2.45, 2.75) is 24.2 Å². The number of fused-ring (bicyclic) bond motifs is 3. The largest absolute Gasteiger partial charge is 0.386 e. The predicted molar refractivity (Wildman–Crippen MR) is 108 cm³/mol. The van der Waals surface area contributed by atoms with E-state index in [9.17, 15) is 22.3 Å². The van der Waals surface area contributed by atoms with Crippen LogP contribution in [-0.2, 0) is 21.6 Å². The molecule has 164 valence electrons. The Labute approximate surface area is 178 Å². The topological polar surface area (TPSA) is 115 Å². The van der Waals surface area contributed by atoms with Gasteiger partial charge < -0.3 is 19.3 Å². The van der Waals surface area contributed by atoms with Gasteiger partial charge in [-0.3, -0.25) is 0 Å². The molecule has 10 nitrogen and oxygen atoms in total. The highest BCUT2D eigenvalue weighted by molar-refractivity contribution is 9.10. The number of β-amino-alcohol motifs (C(OH)–C–C–N with tert-alkyl or cyclic N) is 1. The average Bonchev–Trinajstić information content (AvgIpc) is 3.05. The van der Waals surface area contributed by atoms with Crippen molar-refractivity contribution in [3.05, 3.63) is 4.60 Å². The lowest BCUT2D eigenvalue weighted by Crippen LogP contribution is -2.42. The number of hydrogen-bond acceptors (Lipinski definition) is 8. The maximum atomic E-state index is 13.7. The van der Waals surface area contributed by atoms with Crippen LogP contribution >= 0.6 is 15.9 Å². The normalized spacial score (nSPS) is 21.1. The first kappa shape index (κ1) is 21.3. The fraction of sp³-hybridized carbons (Fsp3) is 0.562. The molecule has 3 aromatic rings. The molecule has 0 unspecified atom stereocenters. The van der Waals surface area contributed by atoms with Gasteiger partial charge in [-0.25, -0.2) is 18.1 Å². The summed E-state index contributed by atoms with van der Waals surface area (Å²) in [5, 5.41) is 14.2. The summed E-state index contributed by atoms with van der Waals surface area (Å²) in [6.45, 7) is -0.733. The molecule has 0 aliphatic carbocycles. The summed E-state index contributed by atoms with van der Waals surface area (Å²) in [7, 11) is -2.22. The molecule has 1 fully saturated rings. The van der Waals surface area contributed by atoms with E-state index in [4.69, 9.17) is 4.74 Å². The lowest BCUT2D eigenvalue weighted by molar-refractivity contribution is -0.0123. The minimum absolute atomic E-state index is 0.0582. The molecule has 0 amide bonds. The number of hydrogen-bond donors (Lipinski definition) is 1. The first-order valence-corrected chi connectivity index (χ1v) is 11.6. The number of nitrogens with zero attached hydrogens (tertiary/aromatic N) is 6. The van der Waals surface area contributed by atoms with E-state index in [2.05, 4.69) is 31.0 Å². The van der Waals surface area contributed by atoms with Crippen LogP contribution in [0.4, 0.5) is 14.6 Å². The van der Waals surface area contributed by atoms with Crippen molar-refractivity contribution in [2.24, 2.45) is 7.05 Å². The van der Waals surface area contributed by atoms with Crippen LogP contribution in [0.25, 0.3) is 22.1 Å². The van der Waals surface area contributed by atoms with Crippen molar-refractivity contribution in [1.82, 2.24) is 24.3 Å². The Kier molecular flexibility index (Phi) is 5.03. The third kappa shape index (κ3) is 3.44. The van der Waals surface area contributed by atoms with E-state index in [0.717, 1.165) is 6.26 Å². The maximum Gasteiger partial charge on any atom is 0.333 e. The minimum Gasteiger partial charge on any atom is -0.386 e. The SMILES string of the molecule is Cn1c2nc(S(C)(=O)=O)nc(N3CCOC[C@@](C)(O)C3)c2c2c1c(Br)nn2C(F)F. The van der Waals surface area contributed by atoms with Crippen LogP contribution in [0.15, 0.2) is 9.76 Å². The van der Waals surface area contributed by atoms with Crippen molar-refractivity contribution in [3.63, 3.8) is 0 Å². The van der Waals surface area contributed by atoms with E-state index in [1.54, 1.807) is 18.9 Å². The van der Waals surface area contributed by atoms with Crippen molar-refractivity contribution in [3.8, 4) is 0 Å². The summed E-state index contributed by atoms with van der Waals surface area (Å²) in [6, 6.07) is 0. The Morgan fingerprint density at radius 1 is 1.30 bits per heavy atom. The second kappa shape index (κ2) is 7.07. The molecule has 1 N–H and O–H groups in total. The van der Waals surface area contributed by atoms with Crippen molar-refractivity contribution in [1.29, 1.82) is 0 Å². The molecule has 0 bridgehead atoms. The molecule has 14 heteroatoms. The maximum absolute atomic E-state index is 13.7. The van der Waals surface area contributed by atoms with Crippen LogP contribution in [0.5, 0.6) is 0 Å². The van der Waals surface area contributed by atoms with Crippen LogP contribution in [0.3, 0.4) is 0 Å². The van der Waals surface area contributed by atoms with Crippen molar-refractivity contribution >= 4 is 53.7 Å². The van der Waals surface area contributed by atoms with Gasteiger partial charge in [0.25, 0.3) is 5.16 Å². The summed E-state index contributed by atoms with van der Waals surface area (Å²) in [6.07, 6.45) is 0.971. The summed E-state index contributed by atoms with van der Waals surface area (Å²) in [4.78, 5) is 10.00. The third-order valence-corrected chi connectivity index (χ3v) is 6.23. The number of ether oxygens (including phenoxy) is 1. The van der Waals surface area contributed by atoms with Gasteiger partial charge in [-0.1, -0.05) is 0 Å². The van der Waals surface area contributed by atoms with Gasteiger partial charge in [-0.05, 0) is 22.9 Å². The fourth-order valence-corrected chi connectivity index (χ4v) is 4.76. The number of anilines is 1. The molecule has 30 heavy (non-hydrogen) atoms. The molecule has 0 saturated carbocycles. The van der Waals surface area contributed by atoms with Crippen molar-refractivity contribution in [2.75, 3.05) is 37.5 Å². The molecule has 3 aromatic heterocycles. The number of halogens is 3. The van der Waals surface area contributed by atoms with Crippen LogP contribution in [0.2, 0.25) is 0 Å². The Hall–Kier alpha value is -1.90. The van der Waals surface area contributed by atoms with Crippen LogP contribution in [0, 0.1) is 0 Å². The molecule has 1 aliphatic heterocycles. The van der Waals surface area contributed by atoms with E-state index < -0.39 is 27.1 Å². The van der Waals surface area contributed by atoms with E-state index in [1.807, 2.05) is 0 Å². The number of rotatable bonds is 3. The van der Waals surface area contributed by atoms with Gasteiger partial charge in [0, 0.05) is 19.8 Å². The first-order valence-electron chi connectivity index (χ1n) is 8.88. The Morgan fingerprint density at radius 2 is 2.00 bits per heavy atom. The van der Waals surface area contributed by atoms with Gasteiger partial charge in [-0.2, -0.15) is 18.9 Å². The standard InChI is InChI=1S/C16H19BrF2N6O4S/c1-16(26)6-24(4-5-29-7-16)13-8-9-10(11(17)22-25(9)14(18)19)23(2)12(8)20-15(21-13)30(3,27)28/h14,26H,4-7H2,1-3H3/t16-/m0/s1. The second-order valence-electron chi connectivity index (χ2n) is 7.54. The van der Waals surface area contributed by atoms with Crippen molar-refractivity contribution < 1.29 is 27.0 Å². The zero-order valence-electron chi connectivity index (χ0n) is 16.3. The Bertz CT molecular complexity index is 1260. The zero-order valence-corrected chi connectivity index (χ0v) is 18.7. The molecule has 4 rings (SSSR count). The van der Waals surface area contributed by atoms with Gasteiger partial charge in [0.2, 0.25) is 9.84 Å². The van der Waals surface area contributed by atoms with Gasteiger partial charge in [0.15, 0.2) is 4.60 Å². The monoisotopic (exact) mass is 508 g/mol. The molecule has 0 aromatic carbocycles.